The van der Waals surface area contributed by atoms with Crippen molar-refractivity contribution in [3.8, 4) is 0 Å². The van der Waals surface area contributed by atoms with Gasteiger partial charge in [-0.2, -0.15) is 0 Å². The van der Waals surface area contributed by atoms with E-state index in [1.54, 1.807) is 0 Å². The molecule has 2 aromatic carbocycles. The van der Waals surface area contributed by atoms with Crippen molar-refractivity contribution in [3.05, 3.63) is 71.8 Å². The fraction of sp³-hybridized carbons (Fsp3) is 0.391. The third-order valence-electron chi connectivity index (χ3n) is 5.37. The van der Waals surface area contributed by atoms with E-state index in [0.717, 1.165) is 30.8 Å². The predicted octanol–water partition coefficient (Wildman–Crippen LogP) is 1.27. The van der Waals surface area contributed by atoms with Crippen LogP contribution in [0, 0.1) is 0 Å². The monoisotopic (exact) mass is 396 g/mol. The van der Waals surface area contributed by atoms with Gasteiger partial charge in [-0.25, -0.2) is 4.79 Å². The van der Waals surface area contributed by atoms with E-state index in [1.165, 1.54) is 4.90 Å². The van der Waals surface area contributed by atoms with Crippen LogP contribution >= 0.6 is 0 Å². The van der Waals surface area contributed by atoms with Crippen molar-refractivity contribution in [2.75, 3.05) is 32.7 Å². The minimum absolute atomic E-state index is 0.0410. The summed E-state index contributed by atoms with van der Waals surface area (Å²) in [4.78, 5) is 28.9. The van der Waals surface area contributed by atoms with Gasteiger partial charge in [0, 0.05) is 6.42 Å². The van der Waals surface area contributed by atoms with E-state index in [2.05, 4.69) is 12.2 Å². The van der Waals surface area contributed by atoms with E-state index in [-0.39, 0.29) is 12.5 Å². The normalized spacial score (nSPS) is 15.6. The summed E-state index contributed by atoms with van der Waals surface area (Å²) in [6, 6.07) is 18.6. The SMILES string of the molecule is CC[NH+]1CCN(C(=O)[C@H](Cc2ccccc2)NC(=O)OCc2ccccc2)CC1. The van der Waals surface area contributed by atoms with Crippen molar-refractivity contribution >= 4 is 12.0 Å². The molecule has 1 saturated heterocycles. The molecule has 0 bridgehead atoms. The number of nitrogens with zero attached hydrogens (tertiary/aromatic N) is 1. The number of nitrogens with one attached hydrogen (secondary N) is 2. The third kappa shape index (κ3) is 6.32. The fourth-order valence-electron chi connectivity index (χ4n) is 3.57. The second-order valence-corrected chi connectivity index (χ2v) is 7.38. The van der Waals surface area contributed by atoms with Crippen LogP contribution in [0.4, 0.5) is 4.79 Å². The van der Waals surface area contributed by atoms with Crippen molar-refractivity contribution in [1.29, 1.82) is 0 Å². The maximum Gasteiger partial charge on any atom is 0.408 e. The number of likely N-dealkylation sites (N-methyl/N-ethyl adjacent to an activating group) is 1. The van der Waals surface area contributed by atoms with Crippen molar-refractivity contribution in [2.24, 2.45) is 0 Å². The Labute approximate surface area is 172 Å². The van der Waals surface area contributed by atoms with Gasteiger partial charge in [-0.3, -0.25) is 4.79 Å². The minimum atomic E-state index is -0.635. The van der Waals surface area contributed by atoms with Gasteiger partial charge in [-0.05, 0) is 18.1 Å². The first-order valence-electron chi connectivity index (χ1n) is 10.3. The van der Waals surface area contributed by atoms with Crippen LogP contribution in [-0.4, -0.2) is 55.7 Å². The molecule has 1 atom stereocenters. The number of amides is 2. The molecule has 1 aliphatic rings. The molecule has 29 heavy (non-hydrogen) atoms. The Morgan fingerprint density at radius 2 is 1.59 bits per heavy atom. The smallest absolute Gasteiger partial charge is 0.408 e. The molecule has 2 N–H and O–H groups in total. The van der Waals surface area contributed by atoms with Gasteiger partial charge in [0.25, 0.3) is 0 Å². The van der Waals surface area contributed by atoms with Crippen molar-refractivity contribution in [3.63, 3.8) is 0 Å². The molecule has 2 aromatic rings. The number of carbonyl (C=O) groups excluding carboxylic acids is 2. The van der Waals surface area contributed by atoms with Gasteiger partial charge in [0.15, 0.2) is 0 Å². The van der Waals surface area contributed by atoms with Gasteiger partial charge >= 0.3 is 6.09 Å². The number of hydrogen-bond acceptors (Lipinski definition) is 3. The van der Waals surface area contributed by atoms with Crippen LogP contribution in [0.1, 0.15) is 18.1 Å². The van der Waals surface area contributed by atoms with Crippen molar-refractivity contribution in [2.45, 2.75) is 26.0 Å². The molecule has 0 spiro atoms. The zero-order chi connectivity index (χ0) is 20.5. The van der Waals surface area contributed by atoms with Gasteiger partial charge in [0.1, 0.15) is 12.6 Å². The zero-order valence-corrected chi connectivity index (χ0v) is 17.0. The van der Waals surface area contributed by atoms with Crippen LogP contribution in [-0.2, 0) is 22.6 Å². The molecule has 2 amide bonds. The lowest BCUT2D eigenvalue weighted by Gasteiger charge is -2.34. The van der Waals surface area contributed by atoms with E-state index in [4.69, 9.17) is 4.74 Å². The number of piperazine rings is 1. The molecule has 3 rings (SSSR count). The quantitative estimate of drug-likeness (QED) is 0.741. The maximum absolute atomic E-state index is 13.2. The Balaban J connectivity index is 1.62. The molecule has 0 unspecified atom stereocenters. The van der Waals surface area contributed by atoms with Crippen molar-refractivity contribution < 1.29 is 19.2 Å². The third-order valence-corrected chi connectivity index (χ3v) is 5.37. The van der Waals surface area contributed by atoms with Crippen LogP contribution in [0.15, 0.2) is 60.7 Å². The largest absolute Gasteiger partial charge is 0.445 e. The first-order chi connectivity index (χ1) is 14.2. The summed E-state index contributed by atoms with van der Waals surface area (Å²) < 4.78 is 5.34. The van der Waals surface area contributed by atoms with Gasteiger partial charge in [0.2, 0.25) is 5.91 Å². The van der Waals surface area contributed by atoms with E-state index in [1.807, 2.05) is 65.6 Å². The summed E-state index contributed by atoms with van der Waals surface area (Å²) in [5.41, 5.74) is 1.92. The average Bonchev–Trinajstić information content (AvgIpc) is 2.78. The number of alkyl carbamates (subject to hydrolysis) is 1. The topological polar surface area (TPSA) is 63.1 Å². The van der Waals surface area contributed by atoms with Crippen molar-refractivity contribution in [1.82, 2.24) is 10.2 Å². The second-order valence-electron chi connectivity index (χ2n) is 7.38. The lowest BCUT2D eigenvalue weighted by Crippen LogP contribution is -3.14. The average molecular weight is 397 g/mol. The minimum Gasteiger partial charge on any atom is -0.445 e. The summed E-state index contributed by atoms with van der Waals surface area (Å²) >= 11 is 0. The molecule has 1 heterocycles. The molecule has 0 aromatic heterocycles. The predicted molar refractivity (Wildman–Crippen MR) is 112 cm³/mol. The van der Waals surface area contributed by atoms with E-state index in [0.29, 0.717) is 19.5 Å². The number of benzene rings is 2. The number of rotatable bonds is 7. The Morgan fingerprint density at radius 3 is 2.17 bits per heavy atom. The lowest BCUT2D eigenvalue weighted by molar-refractivity contribution is -0.902. The Hall–Kier alpha value is -2.86. The molecule has 1 aliphatic heterocycles. The summed E-state index contributed by atoms with van der Waals surface area (Å²) in [5.74, 6) is -0.0410. The summed E-state index contributed by atoms with van der Waals surface area (Å²) in [6.07, 6.45) is -0.123. The summed E-state index contributed by atoms with van der Waals surface area (Å²) in [7, 11) is 0. The molecule has 6 heteroatoms. The first-order valence-corrected chi connectivity index (χ1v) is 10.3. The van der Waals surface area contributed by atoms with Crippen LogP contribution in [0.25, 0.3) is 0 Å². The Morgan fingerprint density at radius 1 is 1.00 bits per heavy atom. The molecule has 1 fully saturated rings. The first kappa shape index (κ1) is 20.9. The summed E-state index contributed by atoms with van der Waals surface area (Å²) in [6.45, 7) is 6.73. The van der Waals surface area contributed by atoms with Crippen LogP contribution < -0.4 is 10.2 Å². The highest BCUT2D eigenvalue weighted by atomic mass is 16.5. The standard InChI is InChI=1S/C23H29N3O3/c1-2-25-13-15-26(16-14-25)22(27)21(17-19-9-5-3-6-10-19)24-23(28)29-18-20-11-7-4-8-12-20/h3-12,21H,2,13-18H2,1H3,(H,24,28)/p+1/t21-/m0/s1. The van der Waals surface area contributed by atoms with E-state index >= 15 is 0 Å². The zero-order valence-electron chi connectivity index (χ0n) is 17.0. The summed E-state index contributed by atoms with van der Waals surface area (Å²) in [5, 5.41) is 2.80. The second kappa shape index (κ2) is 10.6. The van der Waals surface area contributed by atoms with E-state index < -0.39 is 12.1 Å². The molecule has 0 aliphatic carbocycles. The van der Waals surface area contributed by atoms with Gasteiger partial charge < -0.3 is 19.9 Å². The number of quaternary nitrogens is 1. The maximum atomic E-state index is 13.2. The highest BCUT2D eigenvalue weighted by Gasteiger charge is 2.30. The van der Waals surface area contributed by atoms with Crippen LogP contribution in [0.2, 0.25) is 0 Å². The molecule has 0 saturated carbocycles. The van der Waals surface area contributed by atoms with E-state index in [9.17, 15) is 9.59 Å². The van der Waals surface area contributed by atoms with Gasteiger partial charge in [-0.15, -0.1) is 0 Å². The lowest BCUT2D eigenvalue weighted by atomic mass is 10.0. The highest BCUT2D eigenvalue weighted by Crippen LogP contribution is 2.08. The molecule has 6 nitrogen and oxygen atoms in total. The molecular formula is C23H30N3O3+. The van der Waals surface area contributed by atoms with Gasteiger partial charge in [-0.1, -0.05) is 60.7 Å². The highest BCUT2D eigenvalue weighted by molar-refractivity contribution is 5.86. The number of hydrogen-bond donors (Lipinski definition) is 2. The molecule has 0 radical (unpaired) electrons. The van der Waals surface area contributed by atoms with Crippen LogP contribution in [0.3, 0.4) is 0 Å². The van der Waals surface area contributed by atoms with Gasteiger partial charge in [0.05, 0.1) is 32.7 Å². The number of carbonyl (C=O) groups is 2. The van der Waals surface area contributed by atoms with Crippen LogP contribution in [0.5, 0.6) is 0 Å². The Kier molecular flexibility index (Phi) is 7.64. The fourth-order valence-corrected chi connectivity index (χ4v) is 3.57. The molecular weight excluding hydrogens is 366 g/mol. The Bertz CT molecular complexity index is 774. The number of ether oxygens (including phenoxy) is 1. The molecule has 154 valence electrons.